The number of hydrogen-bond acceptors (Lipinski definition) is 4. The zero-order chi connectivity index (χ0) is 19.3. The summed E-state index contributed by atoms with van der Waals surface area (Å²) in [6, 6.07) is 8.54. The van der Waals surface area contributed by atoms with E-state index in [1.54, 1.807) is 34.3 Å². The van der Waals surface area contributed by atoms with Crippen LogP contribution in [-0.2, 0) is 6.54 Å². The van der Waals surface area contributed by atoms with Gasteiger partial charge in [-0.05, 0) is 47.2 Å². The quantitative estimate of drug-likeness (QED) is 0.649. The van der Waals surface area contributed by atoms with Crippen LogP contribution >= 0.6 is 23.5 Å². The number of nitrogens with one attached hydrogen (secondary N) is 1. The third-order valence-electron chi connectivity index (χ3n) is 5.13. The smallest absolute Gasteiger partial charge is 0.300 e. The SMILES string of the molecule is CCCCn1cc(C2=Cc3ccc4c5c(ccc(c35)S2)C=CS4)c(=O)[nH]c1=O. The Labute approximate surface area is 170 Å². The highest BCUT2D eigenvalue weighted by Gasteiger charge is 2.22. The van der Waals surface area contributed by atoms with Crippen molar-refractivity contribution in [3.63, 3.8) is 0 Å². The number of hydrogen-bond donors (Lipinski definition) is 1. The van der Waals surface area contributed by atoms with Crippen molar-refractivity contribution in [3.8, 4) is 0 Å². The van der Waals surface area contributed by atoms with Gasteiger partial charge in [-0.3, -0.25) is 14.3 Å². The Balaban J connectivity index is 1.68. The van der Waals surface area contributed by atoms with Gasteiger partial charge in [0.2, 0.25) is 0 Å². The Morgan fingerprint density at radius 2 is 1.82 bits per heavy atom. The van der Waals surface area contributed by atoms with Crippen molar-refractivity contribution in [2.24, 2.45) is 0 Å². The molecule has 4 nitrogen and oxygen atoms in total. The van der Waals surface area contributed by atoms with Gasteiger partial charge in [0.15, 0.2) is 0 Å². The predicted octanol–water partition coefficient (Wildman–Crippen LogP) is 5.17. The van der Waals surface area contributed by atoms with Gasteiger partial charge in [0.05, 0.1) is 5.56 Å². The van der Waals surface area contributed by atoms with E-state index in [0.717, 1.165) is 28.2 Å². The molecular formula is C22H18N2O2S2. The first-order chi connectivity index (χ1) is 13.7. The Morgan fingerprint density at radius 3 is 2.68 bits per heavy atom. The van der Waals surface area contributed by atoms with Crippen molar-refractivity contribution in [1.29, 1.82) is 0 Å². The van der Waals surface area contributed by atoms with Crippen LogP contribution in [0.15, 0.2) is 55.3 Å². The van der Waals surface area contributed by atoms with Crippen molar-refractivity contribution in [2.75, 3.05) is 0 Å². The summed E-state index contributed by atoms with van der Waals surface area (Å²) in [4.78, 5) is 30.4. The molecule has 0 spiro atoms. The van der Waals surface area contributed by atoms with E-state index in [0.29, 0.717) is 12.1 Å². The Bertz CT molecular complexity index is 1300. The minimum absolute atomic E-state index is 0.330. The van der Waals surface area contributed by atoms with Crippen molar-refractivity contribution in [2.45, 2.75) is 36.1 Å². The van der Waals surface area contributed by atoms with E-state index in [1.807, 2.05) is 0 Å². The molecule has 28 heavy (non-hydrogen) atoms. The van der Waals surface area contributed by atoms with Crippen LogP contribution in [0.25, 0.3) is 27.8 Å². The monoisotopic (exact) mass is 406 g/mol. The Morgan fingerprint density at radius 1 is 1.04 bits per heavy atom. The molecule has 0 aliphatic carbocycles. The fraction of sp³-hybridized carbons (Fsp3) is 0.182. The molecule has 3 heterocycles. The molecule has 140 valence electrons. The number of thioether (sulfide) groups is 2. The van der Waals surface area contributed by atoms with Gasteiger partial charge in [-0.25, -0.2) is 4.79 Å². The van der Waals surface area contributed by atoms with Crippen LogP contribution in [0.3, 0.4) is 0 Å². The number of H-pyrrole nitrogens is 1. The van der Waals surface area contributed by atoms with E-state index in [2.05, 4.69) is 53.7 Å². The molecule has 1 aromatic heterocycles. The van der Waals surface area contributed by atoms with E-state index in [-0.39, 0.29) is 11.2 Å². The molecule has 0 radical (unpaired) electrons. The standard InChI is InChI=1S/C22H18N2O2S2/c1-2-3-9-24-12-15(21(25)23-22(24)26)18-11-14-5-6-16-19-13(8-10-27-16)4-7-17(28-18)20(14)19/h4-8,10-12H,2-3,9H2,1H3,(H,23,25,26). The minimum Gasteiger partial charge on any atom is -0.300 e. The molecule has 0 saturated carbocycles. The maximum absolute atomic E-state index is 12.5. The third-order valence-corrected chi connectivity index (χ3v) is 7.11. The van der Waals surface area contributed by atoms with Gasteiger partial charge in [0, 0.05) is 38.2 Å². The lowest BCUT2D eigenvalue weighted by Crippen LogP contribution is -2.31. The number of unbranched alkanes of at least 4 members (excludes halogenated alkanes) is 1. The fourth-order valence-electron chi connectivity index (χ4n) is 3.71. The van der Waals surface area contributed by atoms with Crippen LogP contribution in [0.4, 0.5) is 0 Å². The highest BCUT2D eigenvalue weighted by Crippen LogP contribution is 2.48. The summed E-state index contributed by atoms with van der Waals surface area (Å²) in [6.07, 6.45) is 7.82. The van der Waals surface area contributed by atoms with E-state index >= 15 is 0 Å². The van der Waals surface area contributed by atoms with Crippen molar-refractivity contribution in [3.05, 3.63) is 73.4 Å². The molecule has 2 aliphatic rings. The van der Waals surface area contributed by atoms with E-state index in [1.165, 1.54) is 21.2 Å². The number of nitrogens with zero attached hydrogens (tertiary/aromatic N) is 1. The van der Waals surface area contributed by atoms with Gasteiger partial charge in [-0.2, -0.15) is 0 Å². The molecular weight excluding hydrogens is 388 g/mol. The maximum atomic E-state index is 12.5. The lowest BCUT2D eigenvalue weighted by atomic mass is 9.98. The zero-order valence-corrected chi connectivity index (χ0v) is 17.0. The van der Waals surface area contributed by atoms with Gasteiger partial charge in [0.1, 0.15) is 0 Å². The summed E-state index contributed by atoms with van der Waals surface area (Å²) in [5, 5.41) is 4.65. The highest BCUT2D eigenvalue weighted by atomic mass is 32.2. The average Bonchev–Trinajstić information content (AvgIpc) is 2.71. The molecule has 3 aromatic rings. The first-order valence-corrected chi connectivity index (χ1v) is 11.0. The van der Waals surface area contributed by atoms with Crippen molar-refractivity contribution < 1.29 is 0 Å². The lowest BCUT2D eigenvalue weighted by Gasteiger charge is -2.21. The second kappa shape index (κ2) is 6.87. The number of aromatic nitrogens is 2. The van der Waals surface area contributed by atoms with Gasteiger partial charge in [-0.1, -0.05) is 49.0 Å². The van der Waals surface area contributed by atoms with E-state index in [4.69, 9.17) is 0 Å². The lowest BCUT2D eigenvalue weighted by molar-refractivity contribution is 0.596. The fourth-order valence-corrected chi connectivity index (χ4v) is 5.69. The molecule has 2 aromatic carbocycles. The summed E-state index contributed by atoms with van der Waals surface area (Å²) < 4.78 is 1.61. The summed E-state index contributed by atoms with van der Waals surface area (Å²) in [5.74, 6) is 0. The van der Waals surface area contributed by atoms with Gasteiger partial charge in [-0.15, -0.1) is 0 Å². The molecule has 0 amide bonds. The van der Waals surface area contributed by atoms with Crippen LogP contribution in [0, 0.1) is 0 Å². The third kappa shape index (κ3) is 2.79. The number of rotatable bonds is 4. The maximum Gasteiger partial charge on any atom is 0.328 e. The van der Waals surface area contributed by atoms with Crippen LogP contribution in [0.1, 0.15) is 36.5 Å². The Kier molecular flexibility index (Phi) is 4.33. The number of aromatic amines is 1. The van der Waals surface area contributed by atoms with Gasteiger partial charge < -0.3 is 0 Å². The summed E-state index contributed by atoms with van der Waals surface area (Å²) in [5.41, 5.74) is 2.23. The summed E-state index contributed by atoms with van der Waals surface area (Å²) in [7, 11) is 0. The second-order valence-corrected chi connectivity index (χ2v) is 8.97. The number of benzene rings is 2. The summed E-state index contributed by atoms with van der Waals surface area (Å²) in [6.45, 7) is 2.69. The van der Waals surface area contributed by atoms with Crippen molar-refractivity contribution >= 4 is 51.4 Å². The Hall–Kier alpha value is -2.44. The topological polar surface area (TPSA) is 54.9 Å². The molecule has 2 aliphatic heterocycles. The molecule has 0 fully saturated rings. The van der Waals surface area contributed by atoms with Crippen LogP contribution in [0.2, 0.25) is 0 Å². The van der Waals surface area contributed by atoms with Crippen LogP contribution in [-0.4, -0.2) is 9.55 Å². The molecule has 0 bridgehead atoms. The van der Waals surface area contributed by atoms with Crippen LogP contribution < -0.4 is 11.2 Å². The molecule has 5 rings (SSSR count). The van der Waals surface area contributed by atoms with Crippen molar-refractivity contribution in [1.82, 2.24) is 9.55 Å². The van der Waals surface area contributed by atoms with Gasteiger partial charge >= 0.3 is 5.69 Å². The normalized spacial score (nSPS) is 14.4. The minimum atomic E-state index is -0.341. The first-order valence-electron chi connectivity index (χ1n) is 9.32. The average molecular weight is 407 g/mol. The number of aryl methyl sites for hydroxylation is 1. The van der Waals surface area contributed by atoms with Crippen LogP contribution in [0.5, 0.6) is 0 Å². The highest BCUT2D eigenvalue weighted by molar-refractivity contribution is 8.08. The summed E-state index contributed by atoms with van der Waals surface area (Å²) >= 11 is 3.34. The van der Waals surface area contributed by atoms with E-state index < -0.39 is 0 Å². The molecule has 6 heteroatoms. The molecule has 0 unspecified atom stereocenters. The predicted molar refractivity (Wildman–Crippen MR) is 119 cm³/mol. The molecule has 0 saturated heterocycles. The second-order valence-electron chi connectivity index (χ2n) is 6.94. The first kappa shape index (κ1) is 17.6. The van der Waals surface area contributed by atoms with Gasteiger partial charge in [0.25, 0.3) is 5.56 Å². The molecule has 1 N–H and O–H groups in total. The molecule has 0 atom stereocenters. The largest absolute Gasteiger partial charge is 0.328 e. The van der Waals surface area contributed by atoms with E-state index in [9.17, 15) is 9.59 Å². The zero-order valence-electron chi connectivity index (χ0n) is 15.3.